The molecule has 1 aromatic carbocycles. The Labute approximate surface area is 114 Å². The monoisotopic (exact) mass is 264 g/mol. The van der Waals surface area contributed by atoms with Crippen LogP contribution in [-0.2, 0) is 0 Å². The average Bonchev–Trinajstić information content (AvgIpc) is 2.94. The molecular formula is C15H21ClN2. The lowest BCUT2D eigenvalue weighted by molar-refractivity contribution is 0.292. The molecule has 2 saturated heterocycles. The average molecular weight is 265 g/mol. The molecule has 0 amide bonds. The van der Waals surface area contributed by atoms with Gasteiger partial charge in [-0.25, -0.2) is 0 Å². The van der Waals surface area contributed by atoms with Gasteiger partial charge in [0.05, 0.1) is 10.7 Å². The van der Waals surface area contributed by atoms with Crippen LogP contribution in [-0.4, -0.2) is 26.2 Å². The third kappa shape index (κ3) is 2.50. The summed E-state index contributed by atoms with van der Waals surface area (Å²) < 4.78 is 0. The van der Waals surface area contributed by atoms with Crippen molar-refractivity contribution in [2.45, 2.75) is 19.3 Å². The highest BCUT2D eigenvalue weighted by atomic mass is 35.5. The molecule has 1 unspecified atom stereocenters. The number of piperidine rings is 1. The minimum Gasteiger partial charge on any atom is -0.370 e. The van der Waals surface area contributed by atoms with Crippen LogP contribution in [0.2, 0.25) is 5.02 Å². The quantitative estimate of drug-likeness (QED) is 0.883. The smallest absolute Gasteiger partial charge is 0.0639 e. The van der Waals surface area contributed by atoms with E-state index in [4.69, 9.17) is 11.6 Å². The van der Waals surface area contributed by atoms with Gasteiger partial charge < -0.3 is 10.2 Å². The van der Waals surface area contributed by atoms with Gasteiger partial charge in [-0.1, -0.05) is 23.7 Å². The Morgan fingerprint density at radius 2 is 1.83 bits per heavy atom. The number of nitrogens with zero attached hydrogens (tertiary/aromatic N) is 1. The fourth-order valence-corrected chi connectivity index (χ4v) is 3.65. The van der Waals surface area contributed by atoms with E-state index in [-0.39, 0.29) is 0 Å². The van der Waals surface area contributed by atoms with Crippen LogP contribution in [0.4, 0.5) is 5.69 Å². The van der Waals surface area contributed by atoms with Crippen LogP contribution in [0.25, 0.3) is 0 Å². The summed E-state index contributed by atoms with van der Waals surface area (Å²) in [6, 6.07) is 8.21. The van der Waals surface area contributed by atoms with Crippen LogP contribution in [0.15, 0.2) is 24.3 Å². The predicted octanol–water partition coefficient (Wildman–Crippen LogP) is 3.17. The van der Waals surface area contributed by atoms with E-state index in [1.165, 1.54) is 38.0 Å². The third-order valence-electron chi connectivity index (χ3n) is 4.50. The molecule has 0 spiro atoms. The van der Waals surface area contributed by atoms with E-state index in [2.05, 4.69) is 22.3 Å². The molecule has 2 heterocycles. The zero-order valence-corrected chi connectivity index (χ0v) is 11.5. The lowest BCUT2D eigenvalue weighted by atomic mass is 9.83. The maximum absolute atomic E-state index is 6.27. The second-order valence-electron chi connectivity index (χ2n) is 5.53. The highest BCUT2D eigenvalue weighted by molar-refractivity contribution is 6.33. The molecule has 1 aromatic rings. The molecule has 3 rings (SSSR count). The lowest BCUT2D eigenvalue weighted by Gasteiger charge is -2.36. The Balaban J connectivity index is 1.61. The fraction of sp³-hybridized carbons (Fsp3) is 0.600. The van der Waals surface area contributed by atoms with Crippen LogP contribution in [0, 0.1) is 11.8 Å². The zero-order valence-electron chi connectivity index (χ0n) is 10.7. The van der Waals surface area contributed by atoms with Gasteiger partial charge in [0.15, 0.2) is 0 Å². The van der Waals surface area contributed by atoms with Crippen molar-refractivity contribution in [2.75, 3.05) is 31.1 Å². The van der Waals surface area contributed by atoms with Gasteiger partial charge in [0, 0.05) is 13.1 Å². The summed E-state index contributed by atoms with van der Waals surface area (Å²) in [5, 5.41) is 4.37. The summed E-state index contributed by atoms with van der Waals surface area (Å²) in [6.45, 7) is 4.77. The van der Waals surface area contributed by atoms with Gasteiger partial charge in [0.1, 0.15) is 0 Å². The maximum Gasteiger partial charge on any atom is 0.0639 e. The lowest BCUT2D eigenvalue weighted by Crippen LogP contribution is -2.36. The minimum absolute atomic E-state index is 0.887. The molecule has 1 N–H and O–H groups in total. The molecule has 2 nitrogen and oxygen atoms in total. The number of hydrogen-bond acceptors (Lipinski definition) is 2. The summed E-state index contributed by atoms with van der Waals surface area (Å²) in [5.41, 5.74) is 1.21. The van der Waals surface area contributed by atoms with Crippen LogP contribution >= 0.6 is 11.6 Å². The highest BCUT2D eigenvalue weighted by Gasteiger charge is 2.28. The Morgan fingerprint density at radius 1 is 1.06 bits per heavy atom. The standard InChI is InChI=1S/C15H21ClN2/c16-14-3-1-2-4-15(14)18-9-6-12(7-10-18)13-5-8-17-11-13/h1-4,12-13,17H,5-11H2. The SMILES string of the molecule is Clc1ccccc1N1CCC(C2CCNC2)CC1. The summed E-state index contributed by atoms with van der Waals surface area (Å²) >= 11 is 6.27. The Morgan fingerprint density at radius 3 is 2.50 bits per heavy atom. The Bertz CT molecular complexity index is 393. The van der Waals surface area contributed by atoms with E-state index in [0.717, 1.165) is 29.9 Å². The number of para-hydroxylation sites is 1. The molecule has 2 fully saturated rings. The Kier molecular flexibility index (Phi) is 3.76. The first kappa shape index (κ1) is 12.3. The summed E-state index contributed by atoms with van der Waals surface area (Å²) in [7, 11) is 0. The maximum atomic E-state index is 6.27. The molecule has 18 heavy (non-hydrogen) atoms. The number of rotatable bonds is 2. The van der Waals surface area contributed by atoms with Crippen molar-refractivity contribution in [3.8, 4) is 0 Å². The van der Waals surface area contributed by atoms with Gasteiger partial charge >= 0.3 is 0 Å². The van der Waals surface area contributed by atoms with Crippen molar-refractivity contribution in [3.63, 3.8) is 0 Å². The second-order valence-corrected chi connectivity index (χ2v) is 5.94. The zero-order chi connectivity index (χ0) is 12.4. The molecule has 0 aromatic heterocycles. The van der Waals surface area contributed by atoms with Gasteiger partial charge in [0.2, 0.25) is 0 Å². The fourth-order valence-electron chi connectivity index (χ4n) is 3.40. The third-order valence-corrected chi connectivity index (χ3v) is 4.82. The molecule has 0 bridgehead atoms. The van der Waals surface area contributed by atoms with E-state index in [1.54, 1.807) is 0 Å². The molecule has 0 aliphatic carbocycles. The normalized spacial score (nSPS) is 25.6. The predicted molar refractivity (Wildman–Crippen MR) is 77.4 cm³/mol. The number of nitrogens with one attached hydrogen (secondary N) is 1. The largest absolute Gasteiger partial charge is 0.370 e. The van der Waals surface area contributed by atoms with Crippen LogP contribution in [0.5, 0.6) is 0 Å². The molecule has 0 radical (unpaired) electrons. The van der Waals surface area contributed by atoms with Crippen molar-refractivity contribution in [1.82, 2.24) is 5.32 Å². The van der Waals surface area contributed by atoms with Gasteiger partial charge in [-0.15, -0.1) is 0 Å². The number of halogens is 1. The highest BCUT2D eigenvalue weighted by Crippen LogP contribution is 2.33. The van der Waals surface area contributed by atoms with Crippen LogP contribution in [0.1, 0.15) is 19.3 Å². The van der Waals surface area contributed by atoms with Crippen molar-refractivity contribution in [1.29, 1.82) is 0 Å². The van der Waals surface area contributed by atoms with E-state index in [9.17, 15) is 0 Å². The number of hydrogen-bond donors (Lipinski definition) is 1. The first-order valence-corrected chi connectivity index (χ1v) is 7.42. The van der Waals surface area contributed by atoms with Crippen LogP contribution in [0.3, 0.4) is 0 Å². The molecule has 1 atom stereocenters. The van der Waals surface area contributed by atoms with Crippen molar-refractivity contribution >= 4 is 17.3 Å². The van der Waals surface area contributed by atoms with E-state index >= 15 is 0 Å². The summed E-state index contributed by atoms with van der Waals surface area (Å²) in [5.74, 6) is 1.83. The van der Waals surface area contributed by atoms with E-state index in [0.29, 0.717) is 0 Å². The summed E-state index contributed by atoms with van der Waals surface area (Å²) in [6.07, 6.45) is 4.01. The van der Waals surface area contributed by atoms with Gasteiger partial charge in [-0.2, -0.15) is 0 Å². The number of benzene rings is 1. The van der Waals surface area contributed by atoms with E-state index < -0.39 is 0 Å². The van der Waals surface area contributed by atoms with Crippen molar-refractivity contribution in [2.24, 2.45) is 11.8 Å². The molecule has 2 aliphatic heterocycles. The van der Waals surface area contributed by atoms with Crippen molar-refractivity contribution < 1.29 is 0 Å². The second kappa shape index (κ2) is 5.50. The van der Waals surface area contributed by atoms with Gasteiger partial charge in [-0.05, 0) is 56.3 Å². The minimum atomic E-state index is 0.887. The first-order chi connectivity index (χ1) is 8.84. The molecule has 2 aliphatic rings. The van der Waals surface area contributed by atoms with E-state index in [1.807, 2.05) is 12.1 Å². The van der Waals surface area contributed by atoms with Crippen molar-refractivity contribution in [3.05, 3.63) is 29.3 Å². The topological polar surface area (TPSA) is 15.3 Å². The molecule has 0 saturated carbocycles. The van der Waals surface area contributed by atoms with Crippen LogP contribution < -0.4 is 10.2 Å². The Hall–Kier alpha value is -0.730. The molecule has 3 heteroatoms. The summed E-state index contributed by atoms with van der Waals surface area (Å²) in [4.78, 5) is 2.45. The van der Waals surface area contributed by atoms with Gasteiger partial charge in [0.25, 0.3) is 0 Å². The molecular weight excluding hydrogens is 244 g/mol. The first-order valence-electron chi connectivity index (χ1n) is 7.05. The van der Waals surface area contributed by atoms with Gasteiger partial charge in [-0.3, -0.25) is 0 Å². The molecule has 98 valence electrons. The number of anilines is 1.